The van der Waals surface area contributed by atoms with E-state index in [1.165, 1.54) is 6.08 Å². The molecule has 0 atom stereocenters. The molecule has 4 rings (SSSR count). The molecular weight excluding hydrogens is 330 g/mol. The maximum absolute atomic E-state index is 12.6. The lowest BCUT2D eigenvalue weighted by Gasteiger charge is -2.12. The van der Waals surface area contributed by atoms with E-state index in [4.69, 9.17) is 0 Å². The number of carbonyl (C=O) groups is 2. The van der Waals surface area contributed by atoms with E-state index in [0.29, 0.717) is 15.6 Å². The van der Waals surface area contributed by atoms with Crippen molar-refractivity contribution in [3.05, 3.63) is 57.7 Å². The monoisotopic (exact) mass is 341 g/mol. The highest BCUT2D eigenvalue weighted by Gasteiger charge is 2.36. The number of hydrogen-bond acceptors (Lipinski definition) is 2. The third-order valence-electron chi connectivity index (χ3n) is 4.16. The molecule has 21 heavy (non-hydrogen) atoms. The third-order valence-corrected chi connectivity index (χ3v) is 4.75. The highest BCUT2D eigenvalue weighted by molar-refractivity contribution is 9.12. The first kappa shape index (κ1) is 12.8. The Morgan fingerprint density at radius 3 is 2.57 bits per heavy atom. The number of rotatable bonds is 1. The quantitative estimate of drug-likeness (QED) is 0.792. The van der Waals surface area contributed by atoms with Crippen LogP contribution in [0.15, 0.2) is 40.9 Å². The molecule has 0 fully saturated rings. The van der Waals surface area contributed by atoms with Crippen molar-refractivity contribution in [3.63, 3.8) is 0 Å². The lowest BCUT2D eigenvalue weighted by molar-refractivity contribution is 0.0992. The number of hydrogen-bond donors (Lipinski definition) is 0. The van der Waals surface area contributed by atoms with Gasteiger partial charge in [0, 0.05) is 18.3 Å². The summed E-state index contributed by atoms with van der Waals surface area (Å²) in [7, 11) is 0. The largest absolute Gasteiger partial charge is 0.343 e. The molecule has 0 spiro atoms. The van der Waals surface area contributed by atoms with Crippen LogP contribution in [0.5, 0.6) is 0 Å². The second kappa shape index (κ2) is 4.53. The molecule has 2 heterocycles. The second-order valence-electron chi connectivity index (χ2n) is 5.35. The molecule has 1 aliphatic heterocycles. The van der Waals surface area contributed by atoms with Crippen molar-refractivity contribution < 1.29 is 9.59 Å². The molecule has 0 unspecified atom stereocenters. The highest BCUT2D eigenvalue weighted by atomic mass is 79.9. The van der Waals surface area contributed by atoms with Crippen LogP contribution in [0.25, 0.3) is 11.3 Å². The molecule has 4 heteroatoms. The summed E-state index contributed by atoms with van der Waals surface area (Å²) in [6.07, 6.45) is 3.28. The van der Waals surface area contributed by atoms with Gasteiger partial charge in [-0.05, 0) is 34.3 Å². The van der Waals surface area contributed by atoms with Gasteiger partial charge in [0.2, 0.25) is 5.78 Å². The lowest BCUT2D eigenvalue weighted by atomic mass is 9.92. The molecule has 2 aliphatic rings. The van der Waals surface area contributed by atoms with E-state index in [1.807, 2.05) is 30.3 Å². The summed E-state index contributed by atoms with van der Waals surface area (Å²) in [4.78, 5) is 25.0. The van der Waals surface area contributed by atoms with E-state index < -0.39 is 0 Å². The summed E-state index contributed by atoms with van der Waals surface area (Å²) >= 11 is 3.23. The van der Waals surface area contributed by atoms with E-state index in [9.17, 15) is 9.59 Å². The fraction of sp³-hybridized carbons (Fsp3) is 0.176. The minimum atomic E-state index is -0.0923. The number of nitrogens with zero attached hydrogens (tertiary/aromatic N) is 1. The Hall–Kier alpha value is -1.94. The average molecular weight is 342 g/mol. The summed E-state index contributed by atoms with van der Waals surface area (Å²) in [5.41, 5.74) is 4.07. The smallest absolute Gasteiger partial charge is 0.203 e. The summed E-state index contributed by atoms with van der Waals surface area (Å²) in [5.74, 6) is -0.158. The molecule has 0 saturated carbocycles. The van der Waals surface area contributed by atoms with Gasteiger partial charge in [0.25, 0.3) is 0 Å². The Morgan fingerprint density at radius 1 is 1.05 bits per heavy atom. The van der Waals surface area contributed by atoms with Crippen LogP contribution >= 0.6 is 15.9 Å². The normalized spacial score (nSPS) is 16.7. The number of allylic oxidation sites excluding steroid dienone is 2. The van der Waals surface area contributed by atoms with Crippen LogP contribution in [-0.4, -0.2) is 16.1 Å². The molecule has 1 aliphatic carbocycles. The predicted octanol–water partition coefficient (Wildman–Crippen LogP) is 3.76. The zero-order valence-corrected chi connectivity index (χ0v) is 12.8. The summed E-state index contributed by atoms with van der Waals surface area (Å²) in [5, 5.41) is 0. The van der Waals surface area contributed by atoms with E-state index in [-0.39, 0.29) is 11.6 Å². The molecule has 0 saturated heterocycles. The zero-order valence-electron chi connectivity index (χ0n) is 11.2. The van der Waals surface area contributed by atoms with Crippen LogP contribution in [0.2, 0.25) is 0 Å². The van der Waals surface area contributed by atoms with Gasteiger partial charge in [-0.3, -0.25) is 9.59 Å². The molecule has 0 radical (unpaired) electrons. The van der Waals surface area contributed by atoms with Crippen molar-refractivity contribution >= 4 is 27.5 Å². The predicted molar refractivity (Wildman–Crippen MR) is 83.9 cm³/mol. The Balaban J connectivity index is 2.08. The standard InChI is InChI=1S/C17H12BrNO2/c18-11-9-13(20)14-12-7-4-8-19(12)16(15(14)17(11)21)10-5-2-1-3-6-10/h1-3,5-6,9H,4,7-8H2. The van der Waals surface area contributed by atoms with E-state index in [2.05, 4.69) is 20.5 Å². The SMILES string of the molecule is O=C1C=C(Br)C(=O)c2c1c1n(c2-c2ccccc2)CCC1. The van der Waals surface area contributed by atoms with Gasteiger partial charge in [0.15, 0.2) is 5.78 Å². The highest BCUT2D eigenvalue weighted by Crippen LogP contribution is 2.40. The van der Waals surface area contributed by atoms with Gasteiger partial charge < -0.3 is 4.57 Å². The summed E-state index contributed by atoms with van der Waals surface area (Å²) in [6.45, 7) is 0.866. The first-order valence-electron chi connectivity index (χ1n) is 6.95. The maximum Gasteiger partial charge on any atom is 0.203 e. The van der Waals surface area contributed by atoms with Crippen LogP contribution in [0.3, 0.4) is 0 Å². The van der Waals surface area contributed by atoms with Crippen LogP contribution in [0, 0.1) is 0 Å². The van der Waals surface area contributed by atoms with Gasteiger partial charge in [0.1, 0.15) is 0 Å². The first-order chi connectivity index (χ1) is 10.2. The number of fused-ring (bicyclic) bond motifs is 3. The zero-order chi connectivity index (χ0) is 14.6. The maximum atomic E-state index is 12.6. The molecule has 2 aromatic rings. The van der Waals surface area contributed by atoms with Gasteiger partial charge in [0.05, 0.1) is 21.3 Å². The molecular formula is C17H12BrNO2. The number of aromatic nitrogens is 1. The fourth-order valence-corrected chi connectivity index (χ4v) is 3.74. The number of Topliss-reactive ketones (excluding diaryl/α,β-unsaturated/α-hetero) is 1. The van der Waals surface area contributed by atoms with Crippen molar-refractivity contribution in [1.82, 2.24) is 4.57 Å². The number of ketones is 2. The lowest BCUT2D eigenvalue weighted by Crippen LogP contribution is -2.14. The van der Waals surface area contributed by atoms with E-state index >= 15 is 0 Å². The molecule has 0 N–H and O–H groups in total. The summed E-state index contributed by atoms with van der Waals surface area (Å²) < 4.78 is 2.50. The minimum Gasteiger partial charge on any atom is -0.343 e. The number of benzene rings is 1. The van der Waals surface area contributed by atoms with Crippen molar-refractivity contribution in [3.8, 4) is 11.3 Å². The number of halogens is 1. The van der Waals surface area contributed by atoms with Gasteiger partial charge in [-0.1, -0.05) is 30.3 Å². The Kier molecular flexibility index (Phi) is 2.76. The van der Waals surface area contributed by atoms with Crippen LogP contribution < -0.4 is 0 Å². The van der Waals surface area contributed by atoms with Gasteiger partial charge in [-0.15, -0.1) is 0 Å². The van der Waals surface area contributed by atoms with Crippen LogP contribution in [-0.2, 0) is 13.0 Å². The third kappa shape index (κ3) is 1.72. The topological polar surface area (TPSA) is 39.1 Å². The fourth-order valence-electron chi connectivity index (χ4n) is 3.33. The van der Waals surface area contributed by atoms with E-state index in [0.717, 1.165) is 36.3 Å². The average Bonchev–Trinajstić information content (AvgIpc) is 3.05. The first-order valence-corrected chi connectivity index (χ1v) is 7.75. The molecule has 0 bridgehead atoms. The van der Waals surface area contributed by atoms with Crippen LogP contribution in [0.4, 0.5) is 0 Å². The van der Waals surface area contributed by atoms with Crippen LogP contribution in [0.1, 0.15) is 32.8 Å². The van der Waals surface area contributed by atoms with Gasteiger partial charge >= 0.3 is 0 Å². The van der Waals surface area contributed by atoms with Gasteiger partial charge in [-0.25, -0.2) is 0 Å². The van der Waals surface area contributed by atoms with E-state index in [1.54, 1.807) is 0 Å². The minimum absolute atomic E-state index is 0.0655. The van der Waals surface area contributed by atoms with Gasteiger partial charge in [-0.2, -0.15) is 0 Å². The Bertz CT molecular complexity index is 815. The molecule has 3 nitrogen and oxygen atoms in total. The molecule has 1 aromatic heterocycles. The molecule has 1 aromatic carbocycles. The Labute approximate surface area is 130 Å². The number of carbonyl (C=O) groups excluding carboxylic acids is 2. The van der Waals surface area contributed by atoms with Crippen molar-refractivity contribution in [2.75, 3.05) is 0 Å². The molecule has 0 amide bonds. The van der Waals surface area contributed by atoms with Crippen molar-refractivity contribution in [2.45, 2.75) is 19.4 Å². The second-order valence-corrected chi connectivity index (χ2v) is 6.21. The van der Waals surface area contributed by atoms with Crippen molar-refractivity contribution in [1.29, 1.82) is 0 Å². The Morgan fingerprint density at radius 2 is 1.81 bits per heavy atom. The van der Waals surface area contributed by atoms with Crippen molar-refractivity contribution in [2.24, 2.45) is 0 Å². The summed E-state index contributed by atoms with van der Waals surface area (Å²) in [6, 6.07) is 9.84. The molecule has 104 valence electrons.